The molecule has 1 atom stereocenters. The Balaban J connectivity index is 5.08. The van der Waals surface area contributed by atoms with Crippen molar-refractivity contribution in [3.63, 3.8) is 0 Å². The quantitative estimate of drug-likeness (QED) is 0.671. The third kappa shape index (κ3) is 2.87. The molecule has 3 N–H and O–H groups in total. The van der Waals surface area contributed by atoms with Gasteiger partial charge in [-0.3, -0.25) is 4.79 Å². The average Bonchev–Trinajstić information content (AvgIpc) is 2.17. The minimum Gasteiger partial charge on any atom is -0.481 e. The van der Waals surface area contributed by atoms with Crippen LogP contribution in [0.4, 0.5) is 4.79 Å². The fourth-order valence-corrected chi connectivity index (χ4v) is 1.58. The van der Waals surface area contributed by atoms with Gasteiger partial charge >= 0.3 is 12.0 Å². The van der Waals surface area contributed by atoms with Gasteiger partial charge in [0, 0.05) is 7.05 Å². The van der Waals surface area contributed by atoms with Gasteiger partial charge in [-0.25, -0.2) is 4.79 Å². The van der Waals surface area contributed by atoms with E-state index in [9.17, 15) is 14.7 Å². The van der Waals surface area contributed by atoms with E-state index in [2.05, 4.69) is 10.6 Å². The number of nitrogens with one attached hydrogen (secondary N) is 2. The molecule has 0 aliphatic heterocycles. The minimum atomic E-state index is -1.02. The van der Waals surface area contributed by atoms with Crippen LogP contribution in [0.1, 0.15) is 40.5 Å². The highest BCUT2D eigenvalue weighted by Crippen LogP contribution is 2.34. The monoisotopic (exact) mass is 230 g/mol. The highest BCUT2D eigenvalue weighted by atomic mass is 16.4. The Labute approximate surface area is 96.6 Å². The van der Waals surface area contributed by atoms with Crippen molar-refractivity contribution in [3.8, 4) is 0 Å². The largest absolute Gasteiger partial charge is 0.481 e. The molecule has 0 spiro atoms. The van der Waals surface area contributed by atoms with E-state index in [1.807, 2.05) is 6.92 Å². The van der Waals surface area contributed by atoms with Gasteiger partial charge in [-0.05, 0) is 27.2 Å². The number of hydrogen-bond acceptors (Lipinski definition) is 2. The first-order chi connectivity index (χ1) is 7.21. The van der Waals surface area contributed by atoms with E-state index >= 15 is 0 Å². The minimum absolute atomic E-state index is 0.356. The van der Waals surface area contributed by atoms with Crippen molar-refractivity contribution >= 4 is 12.0 Å². The summed E-state index contributed by atoms with van der Waals surface area (Å²) in [7, 11) is 1.51. The predicted octanol–water partition coefficient (Wildman–Crippen LogP) is 1.58. The van der Waals surface area contributed by atoms with Crippen molar-refractivity contribution in [1.82, 2.24) is 10.6 Å². The van der Waals surface area contributed by atoms with Crippen LogP contribution in [-0.2, 0) is 4.79 Å². The lowest BCUT2D eigenvalue weighted by molar-refractivity contribution is -0.151. The molecule has 0 saturated heterocycles. The summed E-state index contributed by atoms with van der Waals surface area (Å²) >= 11 is 0. The van der Waals surface area contributed by atoms with Gasteiger partial charge in [0.05, 0.1) is 11.0 Å². The van der Waals surface area contributed by atoms with Crippen LogP contribution in [0.25, 0.3) is 0 Å². The molecule has 5 nitrogen and oxygen atoms in total. The van der Waals surface area contributed by atoms with Crippen LogP contribution in [0.15, 0.2) is 0 Å². The van der Waals surface area contributed by atoms with Crippen molar-refractivity contribution in [2.75, 3.05) is 7.05 Å². The first-order valence-corrected chi connectivity index (χ1v) is 5.44. The van der Waals surface area contributed by atoms with Crippen molar-refractivity contribution in [3.05, 3.63) is 0 Å². The number of rotatable bonds is 5. The van der Waals surface area contributed by atoms with Gasteiger partial charge in [0.2, 0.25) is 0 Å². The first kappa shape index (κ1) is 14.7. The zero-order valence-corrected chi connectivity index (χ0v) is 10.7. The molecule has 16 heavy (non-hydrogen) atoms. The van der Waals surface area contributed by atoms with Crippen LogP contribution in [0.5, 0.6) is 0 Å². The molecule has 2 amide bonds. The molecule has 0 aromatic carbocycles. The number of amides is 2. The molecule has 0 saturated carbocycles. The molecular weight excluding hydrogens is 208 g/mol. The van der Waals surface area contributed by atoms with E-state index in [4.69, 9.17) is 0 Å². The average molecular weight is 230 g/mol. The molecular formula is C11H22N2O3. The Morgan fingerprint density at radius 1 is 1.25 bits per heavy atom. The summed E-state index contributed by atoms with van der Waals surface area (Å²) in [5.74, 6) is -0.917. The predicted molar refractivity (Wildman–Crippen MR) is 62.3 cm³/mol. The summed E-state index contributed by atoms with van der Waals surface area (Å²) in [5.41, 5.74) is -1.79. The molecule has 94 valence electrons. The summed E-state index contributed by atoms with van der Waals surface area (Å²) in [6, 6.07) is -0.356. The lowest BCUT2D eigenvalue weighted by Crippen LogP contribution is -2.60. The van der Waals surface area contributed by atoms with Crippen molar-refractivity contribution in [2.45, 2.75) is 46.1 Å². The Bertz CT molecular complexity index is 276. The molecule has 0 aromatic rings. The summed E-state index contributed by atoms with van der Waals surface area (Å²) in [4.78, 5) is 22.6. The molecule has 0 heterocycles. The van der Waals surface area contributed by atoms with Crippen LogP contribution in [0, 0.1) is 5.41 Å². The van der Waals surface area contributed by atoms with E-state index in [0.717, 1.165) is 6.42 Å². The molecule has 0 aliphatic rings. The summed E-state index contributed by atoms with van der Waals surface area (Å²) in [6.07, 6.45) is 1.41. The molecule has 0 rings (SSSR count). The number of carbonyl (C=O) groups excluding carboxylic acids is 1. The Hall–Kier alpha value is -1.26. The highest BCUT2D eigenvalue weighted by Gasteiger charge is 2.47. The standard InChI is InChI=1S/C11H22N2O3/c1-6-7-11(4,13-9(16)12-5)10(2,3)8(14)15/h6-7H2,1-5H3,(H,14,15)(H2,12,13,16). The van der Waals surface area contributed by atoms with Crippen LogP contribution in [-0.4, -0.2) is 29.7 Å². The maximum atomic E-state index is 11.4. The Morgan fingerprint density at radius 3 is 2.06 bits per heavy atom. The normalized spacial score (nSPS) is 15.1. The molecule has 0 bridgehead atoms. The van der Waals surface area contributed by atoms with Crippen LogP contribution < -0.4 is 10.6 Å². The maximum Gasteiger partial charge on any atom is 0.314 e. The third-order valence-electron chi connectivity index (χ3n) is 3.28. The lowest BCUT2D eigenvalue weighted by Gasteiger charge is -2.41. The van der Waals surface area contributed by atoms with E-state index in [1.54, 1.807) is 20.8 Å². The van der Waals surface area contributed by atoms with Gasteiger partial charge in [0.15, 0.2) is 0 Å². The third-order valence-corrected chi connectivity index (χ3v) is 3.28. The Kier molecular flexibility index (Phi) is 4.78. The van der Waals surface area contributed by atoms with E-state index in [-0.39, 0.29) is 6.03 Å². The second-order valence-electron chi connectivity index (χ2n) is 4.72. The number of carbonyl (C=O) groups is 2. The van der Waals surface area contributed by atoms with Gasteiger partial charge in [-0.2, -0.15) is 0 Å². The summed E-state index contributed by atoms with van der Waals surface area (Å²) < 4.78 is 0. The fraction of sp³-hybridized carbons (Fsp3) is 0.818. The fourth-order valence-electron chi connectivity index (χ4n) is 1.58. The van der Waals surface area contributed by atoms with Gasteiger partial charge in [-0.15, -0.1) is 0 Å². The number of hydrogen-bond donors (Lipinski definition) is 3. The lowest BCUT2D eigenvalue weighted by atomic mass is 9.71. The number of aliphatic carboxylic acids is 1. The smallest absolute Gasteiger partial charge is 0.314 e. The van der Waals surface area contributed by atoms with Crippen LogP contribution >= 0.6 is 0 Å². The van der Waals surface area contributed by atoms with Crippen molar-refractivity contribution < 1.29 is 14.7 Å². The topological polar surface area (TPSA) is 78.4 Å². The zero-order valence-electron chi connectivity index (χ0n) is 10.7. The molecule has 1 unspecified atom stereocenters. The van der Waals surface area contributed by atoms with Crippen LogP contribution in [0.2, 0.25) is 0 Å². The second kappa shape index (κ2) is 5.18. The zero-order chi connectivity index (χ0) is 13.0. The SMILES string of the molecule is CCCC(C)(NC(=O)NC)C(C)(C)C(=O)O. The maximum absolute atomic E-state index is 11.4. The molecule has 0 fully saturated rings. The van der Waals surface area contributed by atoms with Crippen LogP contribution in [0.3, 0.4) is 0 Å². The molecule has 0 aliphatic carbocycles. The number of carboxylic acids is 1. The molecule has 0 aromatic heterocycles. The first-order valence-electron chi connectivity index (χ1n) is 5.44. The van der Waals surface area contributed by atoms with E-state index < -0.39 is 16.9 Å². The van der Waals surface area contributed by atoms with Crippen molar-refractivity contribution in [2.24, 2.45) is 5.41 Å². The van der Waals surface area contributed by atoms with Gasteiger partial charge in [0.1, 0.15) is 0 Å². The second-order valence-corrected chi connectivity index (χ2v) is 4.72. The Morgan fingerprint density at radius 2 is 1.75 bits per heavy atom. The van der Waals surface area contributed by atoms with Gasteiger partial charge < -0.3 is 15.7 Å². The highest BCUT2D eigenvalue weighted by molar-refractivity contribution is 5.79. The number of urea groups is 1. The summed E-state index contributed by atoms with van der Waals surface area (Å²) in [6.45, 7) is 6.98. The van der Waals surface area contributed by atoms with E-state index in [1.165, 1.54) is 7.05 Å². The van der Waals surface area contributed by atoms with Gasteiger partial charge in [-0.1, -0.05) is 13.3 Å². The number of carboxylic acid groups (broad SMARTS) is 1. The molecule has 0 radical (unpaired) electrons. The molecule has 5 heteroatoms. The summed E-state index contributed by atoms with van der Waals surface area (Å²) in [5, 5.41) is 14.4. The van der Waals surface area contributed by atoms with Crippen molar-refractivity contribution in [1.29, 1.82) is 0 Å². The van der Waals surface area contributed by atoms with Gasteiger partial charge in [0.25, 0.3) is 0 Å². The van der Waals surface area contributed by atoms with E-state index in [0.29, 0.717) is 6.42 Å².